The van der Waals surface area contributed by atoms with E-state index in [0.29, 0.717) is 28.0 Å². The molecule has 0 spiro atoms. The van der Waals surface area contributed by atoms with E-state index in [9.17, 15) is 4.79 Å². The summed E-state index contributed by atoms with van der Waals surface area (Å²) < 4.78 is 5.60. The zero-order valence-corrected chi connectivity index (χ0v) is 12.5. The third-order valence-corrected chi connectivity index (χ3v) is 4.47. The maximum absolute atomic E-state index is 11.9. The molecule has 0 aliphatic carbocycles. The Bertz CT molecular complexity index is 623. The lowest BCUT2D eigenvalue weighted by Crippen LogP contribution is -2.27. The Morgan fingerprint density at radius 1 is 1.40 bits per heavy atom. The lowest BCUT2D eigenvalue weighted by molar-refractivity contribution is -0.129. The van der Waals surface area contributed by atoms with Crippen molar-refractivity contribution in [3.8, 4) is 0 Å². The quantitative estimate of drug-likeness (QED) is 0.810. The van der Waals surface area contributed by atoms with E-state index in [2.05, 4.69) is 4.98 Å². The molecule has 2 heterocycles. The van der Waals surface area contributed by atoms with Crippen LogP contribution in [-0.2, 0) is 4.79 Å². The monoisotopic (exact) mass is 310 g/mol. The van der Waals surface area contributed by atoms with Crippen molar-refractivity contribution in [2.75, 3.05) is 18.8 Å². The first-order valence-electron chi connectivity index (χ1n) is 6.70. The van der Waals surface area contributed by atoms with Gasteiger partial charge in [0.25, 0.3) is 5.22 Å². The molecule has 106 valence electrons. The Balaban J connectivity index is 1.57. The van der Waals surface area contributed by atoms with E-state index in [1.807, 2.05) is 17.0 Å². The summed E-state index contributed by atoms with van der Waals surface area (Å²) in [4.78, 5) is 18.2. The minimum atomic E-state index is 0.226. The lowest BCUT2D eigenvalue weighted by atomic mass is 10.3. The van der Waals surface area contributed by atoms with Crippen molar-refractivity contribution in [2.45, 2.75) is 24.5 Å². The van der Waals surface area contributed by atoms with Crippen LogP contribution in [0.3, 0.4) is 0 Å². The molecule has 0 radical (unpaired) electrons. The van der Waals surface area contributed by atoms with Gasteiger partial charge >= 0.3 is 0 Å². The highest BCUT2D eigenvalue weighted by atomic mass is 35.5. The highest BCUT2D eigenvalue weighted by molar-refractivity contribution is 7.99. The smallest absolute Gasteiger partial charge is 0.256 e. The van der Waals surface area contributed by atoms with Crippen molar-refractivity contribution in [1.82, 2.24) is 9.88 Å². The standard InChI is InChI=1S/C14H15ClN2O2S/c15-10-4-3-5-11-13(10)19-14(16-11)20-9-6-12(18)17-7-1-2-8-17/h3-5H,1-2,6-9H2. The summed E-state index contributed by atoms with van der Waals surface area (Å²) in [6.45, 7) is 1.81. The van der Waals surface area contributed by atoms with Crippen molar-refractivity contribution >= 4 is 40.4 Å². The fraction of sp³-hybridized carbons (Fsp3) is 0.429. The van der Waals surface area contributed by atoms with Gasteiger partial charge in [-0.05, 0) is 25.0 Å². The number of fused-ring (bicyclic) bond motifs is 1. The van der Waals surface area contributed by atoms with Gasteiger partial charge in [-0.3, -0.25) is 4.79 Å². The zero-order chi connectivity index (χ0) is 13.9. The van der Waals surface area contributed by atoms with Gasteiger partial charge in [0.05, 0.1) is 5.02 Å². The Labute approximate surface area is 126 Å². The number of carbonyl (C=O) groups is 1. The Morgan fingerprint density at radius 3 is 2.95 bits per heavy atom. The van der Waals surface area contributed by atoms with Crippen molar-refractivity contribution in [3.05, 3.63) is 23.2 Å². The number of hydrogen-bond donors (Lipinski definition) is 0. The van der Waals surface area contributed by atoms with Crippen molar-refractivity contribution in [3.63, 3.8) is 0 Å². The van der Waals surface area contributed by atoms with Gasteiger partial charge in [0.15, 0.2) is 5.58 Å². The number of nitrogens with zero attached hydrogens (tertiary/aromatic N) is 2. The van der Waals surface area contributed by atoms with Gasteiger partial charge in [0.2, 0.25) is 5.91 Å². The molecule has 1 aromatic heterocycles. The van der Waals surface area contributed by atoms with Crippen LogP contribution >= 0.6 is 23.4 Å². The van der Waals surface area contributed by atoms with Gasteiger partial charge in [-0.15, -0.1) is 0 Å². The van der Waals surface area contributed by atoms with Crippen LogP contribution in [-0.4, -0.2) is 34.6 Å². The maximum atomic E-state index is 11.9. The van der Waals surface area contributed by atoms with Crippen molar-refractivity contribution < 1.29 is 9.21 Å². The van der Waals surface area contributed by atoms with E-state index < -0.39 is 0 Å². The minimum absolute atomic E-state index is 0.226. The van der Waals surface area contributed by atoms with E-state index in [1.54, 1.807) is 6.07 Å². The topological polar surface area (TPSA) is 46.3 Å². The van der Waals surface area contributed by atoms with Gasteiger partial charge < -0.3 is 9.32 Å². The minimum Gasteiger partial charge on any atom is -0.430 e. The van der Waals surface area contributed by atoms with Gasteiger partial charge in [-0.2, -0.15) is 0 Å². The number of carbonyl (C=O) groups excluding carboxylic acids is 1. The van der Waals surface area contributed by atoms with E-state index >= 15 is 0 Å². The second kappa shape index (κ2) is 6.06. The molecule has 20 heavy (non-hydrogen) atoms. The fourth-order valence-electron chi connectivity index (χ4n) is 2.31. The van der Waals surface area contributed by atoms with E-state index in [-0.39, 0.29) is 5.91 Å². The van der Waals surface area contributed by atoms with Crippen LogP contribution in [0.1, 0.15) is 19.3 Å². The van der Waals surface area contributed by atoms with E-state index in [1.165, 1.54) is 11.8 Å². The van der Waals surface area contributed by atoms with Gasteiger partial charge in [0, 0.05) is 25.3 Å². The van der Waals surface area contributed by atoms with Crippen LogP contribution < -0.4 is 0 Å². The molecule has 6 heteroatoms. The van der Waals surface area contributed by atoms with Crippen LogP contribution in [0.4, 0.5) is 0 Å². The summed E-state index contributed by atoms with van der Waals surface area (Å²) in [5.41, 5.74) is 1.37. The largest absolute Gasteiger partial charge is 0.430 e. The normalized spacial score (nSPS) is 15.2. The summed E-state index contributed by atoms with van der Waals surface area (Å²) in [6, 6.07) is 5.49. The summed E-state index contributed by atoms with van der Waals surface area (Å²) in [6.07, 6.45) is 2.78. The molecular formula is C14H15ClN2O2S. The number of hydrogen-bond acceptors (Lipinski definition) is 4. The molecule has 1 saturated heterocycles. The molecule has 0 bridgehead atoms. The Hall–Kier alpha value is -1.20. The van der Waals surface area contributed by atoms with Crippen LogP contribution in [0.25, 0.3) is 11.1 Å². The molecule has 0 N–H and O–H groups in total. The second-order valence-electron chi connectivity index (χ2n) is 4.75. The lowest BCUT2D eigenvalue weighted by Gasteiger charge is -2.14. The predicted molar refractivity (Wildman–Crippen MR) is 80.2 cm³/mol. The first-order chi connectivity index (χ1) is 9.74. The number of para-hydroxylation sites is 1. The molecule has 0 unspecified atom stereocenters. The molecule has 3 rings (SSSR count). The fourth-order valence-corrected chi connectivity index (χ4v) is 3.27. The van der Waals surface area contributed by atoms with Crippen LogP contribution in [0.15, 0.2) is 27.8 Å². The molecule has 0 atom stereocenters. The van der Waals surface area contributed by atoms with Crippen molar-refractivity contribution in [1.29, 1.82) is 0 Å². The molecule has 0 saturated carbocycles. The molecule has 1 amide bonds. The zero-order valence-electron chi connectivity index (χ0n) is 11.0. The molecule has 1 aliphatic rings. The van der Waals surface area contributed by atoms with Crippen LogP contribution in [0.2, 0.25) is 5.02 Å². The Kier molecular flexibility index (Phi) is 4.17. The van der Waals surface area contributed by atoms with Gasteiger partial charge in [-0.1, -0.05) is 29.4 Å². The second-order valence-corrected chi connectivity index (χ2v) is 6.21. The Morgan fingerprint density at radius 2 is 2.20 bits per heavy atom. The van der Waals surface area contributed by atoms with Crippen LogP contribution in [0, 0.1) is 0 Å². The molecule has 1 fully saturated rings. The maximum Gasteiger partial charge on any atom is 0.256 e. The molecule has 4 nitrogen and oxygen atoms in total. The highest BCUT2D eigenvalue weighted by Gasteiger charge is 2.17. The van der Waals surface area contributed by atoms with Gasteiger partial charge in [0.1, 0.15) is 5.52 Å². The first kappa shape index (κ1) is 13.8. The predicted octanol–water partition coefficient (Wildman–Crippen LogP) is 3.59. The summed E-state index contributed by atoms with van der Waals surface area (Å²) in [5.74, 6) is 0.906. The third-order valence-electron chi connectivity index (χ3n) is 3.35. The third kappa shape index (κ3) is 2.94. The molecular weight excluding hydrogens is 296 g/mol. The number of halogens is 1. The summed E-state index contributed by atoms with van der Waals surface area (Å²) >= 11 is 7.50. The SMILES string of the molecule is O=C(CCSc1nc2cccc(Cl)c2o1)N1CCCC1. The number of thioether (sulfide) groups is 1. The summed E-state index contributed by atoms with van der Waals surface area (Å²) in [5, 5.41) is 1.14. The number of amides is 1. The molecule has 2 aromatic rings. The van der Waals surface area contributed by atoms with E-state index in [4.69, 9.17) is 16.0 Å². The highest BCUT2D eigenvalue weighted by Crippen LogP contribution is 2.28. The van der Waals surface area contributed by atoms with E-state index in [0.717, 1.165) is 31.4 Å². The number of rotatable bonds is 4. The number of likely N-dealkylation sites (tertiary alicyclic amines) is 1. The summed E-state index contributed by atoms with van der Waals surface area (Å²) in [7, 11) is 0. The van der Waals surface area contributed by atoms with Crippen molar-refractivity contribution in [2.24, 2.45) is 0 Å². The molecule has 1 aromatic carbocycles. The van der Waals surface area contributed by atoms with Crippen LogP contribution in [0.5, 0.6) is 0 Å². The number of benzene rings is 1. The average Bonchev–Trinajstić information content (AvgIpc) is 3.07. The molecule has 1 aliphatic heterocycles. The average molecular weight is 311 g/mol. The number of aromatic nitrogens is 1. The number of oxazole rings is 1. The first-order valence-corrected chi connectivity index (χ1v) is 8.06. The van der Waals surface area contributed by atoms with Gasteiger partial charge in [-0.25, -0.2) is 4.98 Å².